The molecular formula is C13H16BrNO4. The van der Waals surface area contributed by atoms with Crippen molar-refractivity contribution in [1.82, 2.24) is 0 Å². The molecule has 3 N–H and O–H groups in total. The third kappa shape index (κ3) is 2.69. The Morgan fingerprint density at radius 2 is 2.11 bits per heavy atom. The van der Waals surface area contributed by atoms with Gasteiger partial charge in [0.2, 0.25) is 6.79 Å². The molecule has 19 heavy (non-hydrogen) atoms. The minimum atomic E-state index is -0.920. The van der Waals surface area contributed by atoms with E-state index in [0.717, 1.165) is 15.6 Å². The molecule has 0 bridgehead atoms. The van der Waals surface area contributed by atoms with Crippen LogP contribution in [0.4, 0.5) is 0 Å². The lowest BCUT2D eigenvalue weighted by Crippen LogP contribution is -2.17. The summed E-state index contributed by atoms with van der Waals surface area (Å²) in [6, 6.07) is 1.26. The van der Waals surface area contributed by atoms with Gasteiger partial charge in [0.25, 0.3) is 0 Å². The summed E-state index contributed by atoms with van der Waals surface area (Å²) in [7, 11) is 0. The molecular weight excluding hydrogens is 314 g/mol. The van der Waals surface area contributed by atoms with Crippen LogP contribution in [0.25, 0.3) is 0 Å². The van der Waals surface area contributed by atoms with Gasteiger partial charge in [-0.25, -0.2) is 0 Å². The van der Waals surface area contributed by atoms with Crippen LogP contribution in [0.5, 0.6) is 11.5 Å². The first-order chi connectivity index (χ1) is 8.91. The quantitative estimate of drug-likeness (QED) is 0.887. The van der Waals surface area contributed by atoms with Gasteiger partial charge in [-0.3, -0.25) is 4.79 Å². The van der Waals surface area contributed by atoms with Gasteiger partial charge >= 0.3 is 5.97 Å². The lowest BCUT2D eigenvalue weighted by molar-refractivity contribution is -0.137. The molecule has 104 valence electrons. The number of carboxylic acids is 1. The van der Waals surface area contributed by atoms with Crippen LogP contribution in [0.1, 0.15) is 43.4 Å². The van der Waals surface area contributed by atoms with Gasteiger partial charge in [-0.2, -0.15) is 0 Å². The summed E-state index contributed by atoms with van der Waals surface area (Å²) in [4.78, 5) is 10.8. The van der Waals surface area contributed by atoms with Gasteiger partial charge in [0, 0.05) is 11.6 Å². The first-order valence-corrected chi connectivity index (χ1v) is 6.80. The molecule has 5 nitrogen and oxygen atoms in total. The standard InChI is InChI=1S/C13H16BrNO4/c1-6(2)11-7(9(15)4-10(16)17)3-8(14)12-13(11)19-5-18-12/h3,6,9H,4-5,15H2,1-2H3,(H,16,17). The number of nitrogens with two attached hydrogens (primary N) is 1. The van der Waals surface area contributed by atoms with E-state index in [4.69, 9.17) is 20.3 Å². The lowest BCUT2D eigenvalue weighted by atomic mass is 9.90. The summed E-state index contributed by atoms with van der Waals surface area (Å²) in [6.07, 6.45) is -0.119. The molecule has 0 aliphatic carbocycles. The van der Waals surface area contributed by atoms with Crippen LogP contribution in [-0.2, 0) is 4.79 Å². The molecule has 1 aliphatic rings. The van der Waals surface area contributed by atoms with Crippen molar-refractivity contribution >= 4 is 21.9 Å². The molecule has 1 aromatic carbocycles. The number of carbonyl (C=O) groups is 1. The number of benzene rings is 1. The van der Waals surface area contributed by atoms with E-state index >= 15 is 0 Å². The van der Waals surface area contributed by atoms with Crippen molar-refractivity contribution in [3.63, 3.8) is 0 Å². The normalized spacial score (nSPS) is 14.8. The number of halogens is 1. The fraction of sp³-hybridized carbons (Fsp3) is 0.462. The van der Waals surface area contributed by atoms with E-state index in [0.29, 0.717) is 11.5 Å². The Morgan fingerprint density at radius 1 is 1.47 bits per heavy atom. The van der Waals surface area contributed by atoms with Gasteiger partial charge in [0.05, 0.1) is 10.9 Å². The topological polar surface area (TPSA) is 81.8 Å². The minimum absolute atomic E-state index is 0.119. The summed E-state index contributed by atoms with van der Waals surface area (Å²) in [6.45, 7) is 4.20. The Balaban J connectivity index is 2.54. The van der Waals surface area contributed by atoms with Crippen LogP contribution in [0.15, 0.2) is 10.5 Å². The molecule has 6 heteroatoms. The van der Waals surface area contributed by atoms with Crippen LogP contribution in [0.3, 0.4) is 0 Å². The highest BCUT2D eigenvalue weighted by Crippen LogP contribution is 2.47. The smallest absolute Gasteiger partial charge is 0.305 e. The Morgan fingerprint density at radius 3 is 2.68 bits per heavy atom. The van der Waals surface area contributed by atoms with E-state index in [1.165, 1.54) is 0 Å². The molecule has 1 aliphatic heterocycles. The highest BCUT2D eigenvalue weighted by atomic mass is 79.9. The number of ether oxygens (including phenoxy) is 2. The number of rotatable bonds is 4. The molecule has 0 radical (unpaired) electrons. The molecule has 0 aromatic heterocycles. The van der Waals surface area contributed by atoms with Crippen LogP contribution in [-0.4, -0.2) is 17.9 Å². The maximum Gasteiger partial charge on any atom is 0.305 e. The Bertz CT molecular complexity index is 516. The van der Waals surface area contributed by atoms with E-state index < -0.39 is 12.0 Å². The number of fused-ring (bicyclic) bond motifs is 1. The largest absolute Gasteiger partial charge is 0.481 e. The third-order valence-corrected chi connectivity index (χ3v) is 3.63. The van der Waals surface area contributed by atoms with Gasteiger partial charge in [0.15, 0.2) is 11.5 Å². The second-order valence-corrected chi connectivity index (χ2v) is 5.64. The van der Waals surface area contributed by atoms with Gasteiger partial charge in [0.1, 0.15) is 0 Å². The van der Waals surface area contributed by atoms with Crippen molar-refractivity contribution in [2.45, 2.75) is 32.2 Å². The van der Waals surface area contributed by atoms with Crippen LogP contribution < -0.4 is 15.2 Å². The number of carboxylic acid groups (broad SMARTS) is 1. The van der Waals surface area contributed by atoms with Gasteiger partial charge in [-0.1, -0.05) is 13.8 Å². The van der Waals surface area contributed by atoms with Crippen LogP contribution in [0, 0.1) is 0 Å². The minimum Gasteiger partial charge on any atom is -0.481 e. The van der Waals surface area contributed by atoms with Gasteiger partial charge in [-0.15, -0.1) is 0 Å². The molecule has 1 atom stereocenters. The summed E-state index contributed by atoms with van der Waals surface area (Å²) < 4.78 is 11.7. The number of aliphatic carboxylic acids is 1. The Labute approximate surface area is 119 Å². The van der Waals surface area contributed by atoms with Crippen molar-refractivity contribution in [2.75, 3.05) is 6.79 Å². The van der Waals surface area contributed by atoms with Crippen molar-refractivity contribution < 1.29 is 19.4 Å². The molecule has 1 aromatic rings. The second-order valence-electron chi connectivity index (χ2n) is 4.79. The highest BCUT2D eigenvalue weighted by molar-refractivity contribution is 9.10. The average molecular weight is 330 g/mol. The van der Waals surface area contributed by atoms with Crippen molar-refractivity contribution in [3.8, 4) is 11.5 Å². The van der Waals surface area contributed by atoms with Crippen molar-refractivity contribution in [1.29, 1.82) is 0 Å². The average Bonchev–Trinajstić information content (AvgIpc) is 2.76. The maximum absolute atomic E-state index is 10.8. The molecule has 0 spiro atoms. The first kappa shape index (κ1) is 14.1. The van der Waals surface area contributed by atoms with Crippen LogP contribution in [0.2, 0.25) is 0 Å². The maximum atomic E-state index is 10.8. The SMILES string of the molecule is CC(C)c1c(C(N)CC(=O)O)cc(Br)c2c1OCO2. The molecule has 0 fully saturated rings. The molecule has 0 amide bonds. The summed E-state index contributed by atoms with van der Waals surface area (Å²) in [5.41, 5.74) is 7.71. The predicted octanol–water partition coefficient (Wildman–Crippen LogP) is 2.78. The van der Waals surface area contributed by atoms with E-state index in [2.05, 4.69) is 15.9 Å². The second kappa shape index (κ2) is 5.38. The Kier molecular flexibility index (Phi) is 4.01. The summed E-state index contributed by atoms with van der Waals surface area (Å²) in [5.74, 6) is 0.574. The zero-order valence-electron chi connectivity index (χ0n) is 10.8. The molecule has 0 saturated carbocycles. The van der Waals surface area contributed by atoms with Gasteiger partial charge in [-0.05, 0) is 33.5 Å². The predicted molar refractivity (Wildman–Crippen MR) is 73.5 cm³/mol. The third-order valence-electron chi connectivity index (χ3n) is 3.04. The van der Waals surface area contributed by atoms with E-state index in [9.17, 15) is 4.79 Å². The molecule has 1 unspecified atom stereocenters. The van der Waals surface area contributed by atoms with Crippen LogP contribution >= 0.6 is 15.9 Å². The lowest BCUT2D eigenvalue weighted by Gasteiger charge is -2.20. The number of hydrogen-bond acceptors (Lipinski definition) is 4. The van der Waals surface area contributed by atoms with E-state index in [-0.39, 0.29) is 19.1 Å². The first-order valence-electron chi connectivity index (χ1n) is 6.01. The van der Waals surface area contributed by atoms with Crippen molar-refractivity contribution in [2.24, 2.45) is 5.73 Å². The molecule has 0 saturated heterocycles. The monoisotopic (exact) mass is 329 g/mol. The van der Waals surface area contributed by atoms with Gasteiger partial charge < -0.3 is 20.3 Å². The molecule has 2 rings (SSSR count). The zero-order valence-corrected chi connectivity index (χ0v) is 12.4. The summed E-state index contributed by atoms with van der Waals surface area (Å²) >= 11 is 3.41. The summed E-state index contributed by atoms with van der Waals surface area (Å²) in [5, 5.41) is 8.89. The van der Waals surface area contributed by atoms with E-state index in [1.54, 1.807) is 0 Å². The number of hydrogen-bond donors (Lipinski definition) is 2. The fourth-order valence-corrected chi connectivity index (χ4v) is 2.81. The fourth-order valence-electron chi connectivity index (χ4n) is 2.27. The van der Waals surface area contributed by atoms with Crippen molar-refractivity contribution in [3.05, 3.63) is 21.7 Å². The zero-order chi connectivity index (χ0) is 14.2. The Hall–Kier alpha value is -1.27. The molecule has 1 heterocycles. The van der Waals surface area contributed by atoms with E-state index in [1.807, 2.05) is 19.9 Å². The highest BCUT2D eigenvalue weighted by Gasteiger charge is 2.28.